The highest BCUT2D eigenvalue weighted by molar-refractivity contribution is 7.40. The van der Waals surface area contributed by atoms with Gasteiger partial charge in [-0.25, -0.2) is 4.79 Å². The minimum absolute atomic E-state index is 0.000709. The molecule has 0 atom stereocenters. The van der Waals surface area contributed by atoms with Crippen molar-refractivity contribution in [3.8, 4) is 0 Å². The van der Waals surface area contributed by atoms with Crippen LogP contribution in [0.3, 0.4) is 0 Å². The summed E-state index contributed by atoms with van der Waals surface area (Å²) < 4.78 is 4.41. The lowest BCUT2D eigenvalue weighted by atomic mass is 9.95. The van der Waals surface area contributed by atoms with Gasteiger partial charge in [-0.05, 0) is 17.5 Å². The number of nitrogens with zero attached hydrogens (tertiary/aromatic N) is 1. The maximum atomic E-state index is 11.6. The zero-order chi connectivity index (χ0) is 14.5. The van der Waals surface area contributed by atoms with Crippen molar-refractivity contribution in [2.75, 3.05) is 18.0 Å². The van der Waals surface area contributed by atoms with Crippen molar-refractivity contribution in [2.45, 2.75) is 20.8 Å². The van der Waals surface area contributed by atoms with E-state index in [-0.39, 0.29) is 12.0 Å². The van der Waals surface area contributed by atoms with Crippen LogP contribution in [0.2, 0.25) is 0 Å². The van der Waals surface area contributed by atoms with E-state index in [1.54, 1.807) is 0 Å². The maximum absolute atomic E-state index is 11.6. The SMILES string of the molecule is CC(C)(C)CN(CC(=O)OP(O)O)c1ccccc1. The highest BCUT2D eigenvalue weighted by Crippen LogP contribution is 2.26. The first-order valence-corrected chi connectivity index (χ1v) is 7.13. The van der Waals surface area contributed by atoms with Gasteiger partial charge in [0.1, 0.15) is 6.54 Å². The van der Waals surface area contributed by atoms with E-state index < -0.39 is 14.6 Å². The second kappa shape index (κ2) is 6.85. The van der Waals surface area contributed by atoms with E-state index in [0.29, 0.717) is 6.54 Å². The lowest BCUT2D eigenvalue weighted by Crippen LogP contribution is -2.37. The summed E-state index contributed by atoms with van der Waals surface area (Å²) in [5.74, 6) is -0.649. The number of anilines is 1. The van der Waals surface area contributed by atoms with Crippen LogP contribution in [0.15, 0.2) is 30.3 Å². The smallest absolute Gasteiger partial charge is 0.393 e. The van der Waals surface area contributed by atoms with Crippen LogP contribution in [0, 0.1) is 5.41 Å². The third kappa shape index (κ3) is 6.53. The lowest BCUT2D eigenvalue weighted by Gasteiger charge is -2.31. The summed E-state index contributed by atoms with van der Waals surface area (Å²) >= 11 is 0. The molecular weight excluding hydrogens is 265 g/mol. The van der Waals surface area contributed by atoms with Crippen LogP contribution in [0.4, 0.5) is 5.69 Å². The van der Waals surface area contributed by atoms with Gasteiger partial charge in [0.15, 0.2) is 0 Å². The molecule has 6 heteroatoms. The summed E-state index contributed by atoms with van der Waals surface area (Å²) in [5, 5.41) is 0. The molecule has 0 aliphatic rings. The van der Waals surface area contributed by atoms with Gasteiger partial charge in [-0.2, -0.15) is 0 Å². The van der Waals surface area contributed by atoms with Crippen molar-refractivity contribution in [2.24, 2.45) is 5.41 Å². The van der Waals surface area contributed by atoms with Crippen LogP contribution in [0.5, 0.6) is 0 Å². The van der Waals surface area contributed by atoms with Crippen molar-refractivity contribution < 1.29 is 19.1 Å². The van der Waals surface area contributed by atoms with E-state index in [9.17, 15) is 4.79 Å². The second-order valence-corrected chi connectivity index (χ2v) is 6.16. The summed E-state index contributed by atoms with van der Waals surface area (Å²) in [4.78, 5) is 30.8. The van der Waals surface area contributed by atoms with Crippen molar-refractivity contribution in [1.82, 2.24) is 0 Å². The fourth-order valence-electron chi connectivity index (χ4n) is 1.73. The number of carbonyl (C=O) groups excluding carboxylic acids is 1. The standard InChI is InChI=1S/C13H20NO4P/c1-13(2,3)10-14(9-12(15)18-19(16)17)11-7-5-4-6-8-11/h4-8,16-17H,9-10H2,1-3H3. The van der Waals surface area contributed by atoms with Crippen molar-refractivity contribution in [3.63, 3.8) is 0 Å². The predicted molar refractivity (Wildman–Crippen MR) is 75.6 cm³/mol. The minimum atomic E-state index is -2.65. The predicted octanol–water partition coefficient (Wildman–Crippen LogP) is 2.29. The quantitative estimate of drug-likeness (QED) is 0.812. The molecule has 19 heavy (non-hydrogen) atoms. The Morgan fingerprint density at radius 1 is 1.26 bits per heavy atom. The summed E-state index contributed by atoms with van der Waals surface area (Å²) in [6, 6.07) is 9.49. The summed E-state index contributed by atoms with van der Waals surface area (Å²) in [7, 11) is -2.65. The Morgan fingerprint density at radius 3 is 2.32 bits per heavy atom. The molecule has 0 radical (unpaired) electrons. The molecule has 0 unspecified atom stereocenters. The Balaban J connectivity index is 2.79. The molecule has 5 nitrogen and oxygen atoms in total. The Hall–Kier alpha value is -1.16. The van der Waals surface area contributed by atoms with Gasteiger partial charge < -0.3 is 19.2 Å². The zero-order valence-corrected chi connectivity index (χ0v) is 12.3. The molecule has 0 bridgehead atoms. The normalized spacial score (nSPS) is 11.5. The topological polar surface area (TPSA) is 70.0 Å². The fourth-order valence-corrected chi connectivity index (χ4v) is 1.97. The molecule has 2 N–H and O–H groups in total. The van der Waals surface area contributed by atoms with Gasteiger partial charge >= 0.3 is 14.6 Å². The molecule has 0 amide bonds. The van der Waals surface area contributed by atoms with Gasteiger partial charge in [0.25, 0.3) is 0 Å². The van der Waals surface area contributed by atoms with Gasteiger partial charge in [0, 0.05) is 12.2 Å². The Morgan fingerprint density at radius 2 is 1.84 bits per heavy atom. The first-order chi connectivity index (χ1) is 8.78. The van der Waals surface area contributed by atoms with Gasteiger partial charge in [-0.3, -0.25) is 0 Å². The van der Waals surface area contributed by atoms with E-state index in [4.69, 9.17) is 9.79 Å². The van der Waals surface area contributed by atoms with Crippen LogP contribution in [0.1, 0.15) is 20.8 Å². The molecule has 0 saturated carbocycles. The average Bonchev–Trinajstić information content (AvgIpc) is 2.26. The van der Waals surface area contributed by atoms with Crippen LogP contribution in [-0.2, 0) is 9.32 Å². The van der Waals surface area contributed by atoms with E-state index >= 15 is 0 Å². The van der Waals surface area contributed by atoms with E-state index in [1.165, 1.54) is 0 Å². The summed E-state index contributed by atoms with van der Waals surface area (Å²) in [6.45, 7) is 6.85. The van der Waals surface area contributed by atoms with Crippen LogP contribution in [0.25, 0.3) is 0 Å². The fraction of sp³-hybridized carbons (Fsp3) is 0.462. The summed E-state index contributed by atoms with van der Waals surface area (Å²) in [6.07, 6.45) is 0. The lowest BCUT2D eigenvalue weighted by molar-refractivity contribution is -0.133. The van der Waals surface area contributed by atoms with Crippen LogP contribution >= 0.6 is 8.60 Å². The van der Waals surface area contributed by atoms with Gasteiger partial charge in [0.2, 0.25) is 0 Å². The van der Waals surface area contributed by atoms with Crippen molar-refractivity contribution in [3.05, 3.63) is 30.3 Å². The van der Waals surface area contributed by atoms with E-state index in [0.717, 1.165) is 5.69 Å². The molecular formula is C13H20NO4P. The number of benzene rings is 1. The van der Waals surface area contributed by atoms with Gasteiger partial charge in [-0.1, -0.05) is 39.0 Å². The molecule has 0 aromatic heterocycles. The third-order valence-corrected chi connectivity index (χ3v) is 2.66. The highest BCUT2D eigenvalue weighted by atomic mass is 31.2. The van der Waals surface area contributed by atoms with Crippen molar-refractivity contribution in [1.29, 1.82) is 0 Å². The second-order valence-electron chi connectivity index (χ2n) is 5.47. The number of carbonyl (C=O) groups is 1. The Bertz CT molecular complexity index is 403. The van der Waals surface area contributed by atoms with E-state index in [1.807, 2.05) is 35.2 Å². The average molecular weight is 285 g/mol. The number of hydrogen-bond acceptors (Lipinski definition) is 5. The van der Waals surface area contributed by atoms with Crippen LogP contribution in [-0.4, -0.2) is 28.8 Å². The Labute approximate surface area is 114 Å². The van der Waals surface area contributed by atoms with E-state index in [2.05, 4.69) is 25.3 Å². The molecule has 0 aliphatic heterocycles. The minimum Gasteiger partial charge on any atom is -0.393 e. The largest absolute Gasteiger partial charge is 0.393 e. The molecule has 0 fully saturated rings. The van der Waals surface area contributed by atoms with Crippen LogP contribution < -0.4 is 4.90 Å². The van der Waals surface area contributed by atoms with Gasteiger partial charge in [0.05, 0.1) is 0 Å². The molecule has 0 aliphatic carbocycles. The first-order valence-electron chi connectivity index (χ1n) is 5.96. The van der Waals surface area contributed by atoms with Crippen molar-refractivity contribution >= 4 is 20.3 Å². The third-order valence-electron chi connectivity index (χ3n) is 2.29. The molecule has 0 heterocycles. The Kier molecular flexibility index (Phi) is 5.73. The number of hydrogen-bond donors (Lipinski definition) is 2. The number of para-hydroxylation sites is 1. The summed E-state index contributed by atoms with van der Waals surface area (Å²) in [5.41, 5.74) is 0.897. The maximum Gasteiger partial charge on any atom is 0.393 e. The van der Waals surface area contributed by atoms with Gasteiger partial charge in [-0.15, -0.1) is 0 Å². The molecule has 0 saturated heterocycles. The molecule has 106 valence electrons. The monoisotopic (exact) mass is 285 g/mol. The zero-order valence-electron chi connectivity index (χ0n) is 11.4. The molecule has 0 spiro atoms. The molecule has 1 rings (SSSR count). The first kappa shape index (κ1) is 15.9. The number of rotatable bonds is 5. The highest BCUT2D eigenvalue weighted by Gasteiger charge is 2.21. The molecule has 1 aromatic rings. The molecule has 1 aromatic carbocycles.